The molecule has 2 aromatic rings. The molecule has 0 radical (unpaired) electrons. The van der Waals surface area contributed by atoms with Gasteiger partial charge in [-0.2, -0.15) is 0 Å². The molecule has 0 atom stereocenters. The lowest BCUT2D eigenvalue weighted by molar-refractivity contribution is 0.843. The van der Waals surface area contributed by atoms with E-state index in [1.807, 2.05) is 42.5 Å². The first-order valence-corrected chi connectivity index (χ1v) is 7.32. The molecule has 1 N–H and O–H groups in total. The van der Waals surface area contributed by atoms with Crippen molar-refractivity contribution < 1.29 is 0 Å². The van der Waals surface area contributed by atoms with E-state index in [2.05, 4.69) is 35.6 Å². The molecule has 110 valence electrons. The van der Waals surface area contributed by atoms with Gasteiger partial charge in [-0.25, -0.2) is 9.97 Å². The van der Waals surface area contributed by atoms with E-state index in [0.29, 0.717) is 6.54 Å². The minimum Gasteiger partial charge on any atom is -0.366 e. The highest BCUT2D eigenvalue weighted by Gasteiger charge is 2.10. The van der Waals surface area contributed by atoms with Crippen LogP contribution in [0.5, 0.6) is 0 Å². The molecule has 0 saturated heterocycles. The van der Waals surface area contributed by atoms with Gasteiger partial charge in [-0.15, -0.1) is 6.58 Å². The van der Waals surface area contributed by atoms with E-state index in [1.54, 1.807) is 0 Å². The van der Waals surface area contributed by atoms with Crippen LogP contribution in [0.4, 0.5) is 11.6 Å². The van der Waals surface area contributed by atoms with E-state index in [1.165, 1.54) is 0 Å². The topological polar surface area (TPSA) is 41.0 Å². The lowest BCUT2D eigenvalue weighted by atomic mass is 10.2. The third kappa shape index (κ3) is 3.81. The number of nitrogens with zero attached hydrogens (tertiary/aromatic N) is 3. The van der Waals surface area contributed by atoms with Crippen LogP contribution in [0, 0.1) is 0 Å². The van der Waals surface area contributed by atoms with Crippen molar-refractivity contribution in [1.82, 2.24) is 9.97 Å². The summed E-state index contributed by atoms with van der Waals surface area (Å²) in [6, 6.07) is 12.0. The van der Waals surface area contributed by atoms with Gasteiger partial charge in [0.05, 0.1) is 0 Å². The first-order valence-electron chi connectivity index (χ1n) is 7.32. The predicted molar refractivity (Wildman–Crippen MR) is 89.7 cm³/mol. The fraction of sp³-hybridized carbons (Fsp3) is 0.294. The Morgan fingerprint density at radius 1 is 1.14 bits per heavy atom. The molecule has 0 aliphatic heterocycles. The lowest BCUT2D eigenvalue weighted by Gasteiger charge is -2.21. The van der Waals surface area contributed by atoms with Crippen molar-refractivity contribution in [1.29, 1.82) is 0 Å². The average molecular weight is 282 g/mol. The summed E-state index contributed by atoms with van der Waals surface area (Å²) in [4.78, 5) is 11.5. The van der Waals surface area contributed by atoms with Gasteiger partial charge in [0.2, 0.25) is 0 Å². The van der Waals surface area contributed by atoms with Crippen molar-refractivity contribution in [2.45, 2.75) is 13.8 Å². The molecule has 1 aromatic carbocycles. The molecule has 0 unspecified atom stereocenters. The van der Waals surface area contributed by atoms with Crippen LogP contribution in [-0.4, -0.2) is 29.6 Å². The van der Waals surface area contributed by atoms with Crippen LogP contribution >= 0.6 is 0 Å². The molecule has 0 spiro atoms. The smallest absolute Gasteiger partial charge is 0.163 e. The van der Waals surface area contributed by atoms with Crippen LogP contribution in [0.3, 0.4) is 0 Å². The third-order valence-corrected chi connectivity index (χ3v) is 3.26. The minimum atomic E-state index is 0.683. The summed E-state index contributed by atoms with van der Waals surface area (Å²) in [5, 5.41) is 3.25. The summed E-state index contributed by atoms with van der Waals surface area (Å²) in [7, 11) is 0. The summed E-state index contributed by atoms with van der Waals surface area (Å²) >= 11 is 0. The van der Waals surface area contributed by atoms with Crippen LogP contribution in [-0.2, 0) is 0 Å². The molecular formula is C17H22N4. The minimum absolute atomic E-state index is 0.683. The van der Waals surface area contributed by atoms with Crippen molar-refractivity contribution in [3.05, 3.63) is 49.1 Å². The number of anilines is 2. The Kier molecular flexibility index (Phi) is 5.32. The fourth-order valence-corrected chi connectivity index (χ4v) is 2.13. The first kappa shape index (κ1) is 15.0. The quantitative estimate of drug-likeness (QED) is 0.788. The second-order valence-electron chi connectivity index (χ2n) is 4.64. The highest BCUT2D eigenvalue weighted by atomic mass is 15.2. The van der Waals surface area contributed by atoms with Crippen LogP contribution < -0.4 is 10.2 Å². The van der Waals surface area contributed by atoms with Crippen molar-refractivity contribution in [3.63, 3.8) is 0 Å². The number of hydrogen-bond acceptors (Lipinski definition) is 4. The molecule has 0 fully saturated rings. The Bertz CT molecular complexity index is 577. The van der Waals surface area contributed by atoms with Gasteiger partial charge in [0, 0.05) is 31.3 Å². The van der Waals surface area contributed by atoms with E-state index in [4.69, 9.17) is 4.98 Å². The Morgan fingerprint density at radius 3 is 2.48 bits per heavy atom. The maximum atomic E-state index is 4.70. The molecule has 1 aromatic heterocycles. The molecule has 0 amide bonds. The molecule has 4 nitrogen and oxygen atoms in total. The Balaban J connectivity index is 2.43. The van der Waals surface area contributed by atoms with Gasteiger partial charge in [-0.3, -0.25) is 0 Å². The van der Waals surface area contributed by atoms with Crippen LogP contribution in [0.15, 0.2) is 49.1 Å². The fourth-order valence-electron chi connectivity index (χ4n) is 2.13. The summed E-state index contributed by atoms with van der Waals surface area (Å²) < 4.78 is 0. The second kappa shape index (κ2) is 7.43. The Morgan fingerprint density at radius 2 is 1.86 bits per heavy atom. The van der Waals surface area contributed by atoms with Crippen LogP contribution in [0.2, 0.25) is 0 Å². The maximum absolute atomic E-state index is 4.70. The largest absolute Gasteiger partial charge is 0.366 e. The number of aromatic nitrogens is 2. The monoisotopic (exact) mass is 282 g/mol. The number of nitrogens with one attached hydrogen (secondary N) is 1. The van der Waals surface area contributed by atoms with E-state index in [9.17, 15) is 0 Å². The van der Waals surface area contributed by atoms with Crippen molar-refractivity contribution >= 4 is 11.6 Å². The summed E-state index contributed by atoms with van der Waals surface area (Å²) in [6.45, 7) is 10.5. The van der Waals surface area contributed by atoms with Crippen molar-refractivity contribution in [2.75, 3.05) is 29.9 Å². The van der Waals surface area contributed by atoms with E-state index >= 15 is 0 Å². The summed E-state index contributed by atoms with van der Waals surface area (Å²) in [6.07, 6.45) is 1.82. The van der Waals surface area contributed by atoms with Gasteiger partial charge in [0.25, 0.3) is 0 Å². The van der Waals surface area contributed by atoms with E-state index < -0.39 is 0 Å². The van der Waals surface area contributed by atoms with Crippen molar-refractivity contribution in [2.24, 2.45) is 0 Å². The zero-order valence-electron chi connectivity index (χ0n) is 12.7. The normalized spacial score (nSPS) is 10.2. The zero-order chi connectivity index (χ0) is 15.1. The molecule has 0 bridgehead atoms. The third-order valence-electron chi connectivity index (χ3n) is 3.26. The predicted octanol–water partition coefficient (Wildman–Crippen LogP) is 3.59. The molecule has 0 aliphatic carbocycles. The van der Waals surface area contributed by atoms with Gasteiger partial charge >= 0.3 is 0 Å². The standard InChI is InChI=1S/C17H22N4/c1-4-12-18-15-13-16(21(5-2)6-3)20-17(19-15)14-10-8-7-9-11-14/h4,7-11,13H,1,5-6,12H2,2-3H3,(H,18,19,20). The number of benzene rings is 1. The number of rotatable bonds is 7. The number of hydrogen-bond donors (Lipinski definition) is 1. The van der Waals surface area contributed by atoms with Gasteiger partial charge in [0.1, 0.15) is 11.6 Å². The van der Waals surface area contributed by atoms with Crippen LogP contribution in [0.25, 0.3) is 11.4 Å². The van der Waals surface area contributed by atoms with Gasteiger partial charge in [-0.05, 0) is 13.8 Å². The maximum Gasteiger partial charge on any atom is 0.163 e. The summed E-state index contributed by atoms with van der Waals surface area (Å²) in [5.74, 6) is 2.51. The van der Waals surface area contributed by atoms with Crippen molar-refractivity contribution in [3.8, 4) is 11.4 Å². The highest BCUT2D eigenvalue weighted by molar-refractivity contribution is 5.61. The van der Waals surface area contributed by atoms with E-state index in [-0.39, 0.29) is 0 Å². The zero-order valence-corrected chi connectivity index (χ0v) is 12.7. The molecule has 2 rings (SSSR count). The Labute approximate surface area is 126 Å². The molecule has 21 heavy (non-hydrogen) atoms. The average Bonchev–Trinajstić information content (AvgIpc) is 2.55. The molecule has 1 heterocycles. The first-order chi connectivity index (χ1) is 10.3. The van der Waals surface area contributed by atoms with E-state index in [0.717, 1.165) is 36.1 Å². The van der Waals surface area contributed by atoms with Crippen LogP contribution in [0.1, 0.15) is 13.8 Å². The van der Waals surface area contributed by atoms with Gasteiger partial charge in [0.15, 0.2) is 5.82 Å². The molecular weight excluding hydrogens is 260 g/mol. The molecule has 4 heteroatoms. The SMILES string of the molecule is C=CCNc1cc(N(CC)CC)nc(-c2ccccc2)n1. The molecule has 0 saturated carbocycles. The molecule has 0 aliphatic rings. The van der Waals surface area contributed by atoms with Gasteiger partial charge in [-0.1, -0.05) is 36.4 Å². The highest BCUT2D eigenvalue weighted by Crippen LogP contribution is 2.22. The second-order valence-corrected chi connectivity index (χ2v) is 4.64. The lowest BCUT2D eigenvalue weighted by Crippen LogP contribution is -2.23. The Hall–Kier alpha value is -2.36. The van der Waals surface area contributed by atoms with Gasteiger partial charge < -0.3 is 10.2 Å². The summed E-state index contributed by atoms with van der Waals surface area (Å²) in [5.41, 5.74) is 1.02.